The van der Waals surface area contributed by atoms with Crippen LogP contribution in [0.2, 0.25) is 0 Å². The number of amides is 1. The molecule has 2 aliphatic heterocycles. The molecule has 0 spiro atoms. The molecule has 3 heterocycles. The van der Waals surface area contributed by atoms with Gasteiger partial charge in [0, 0.05) is 44.0 Å². The first-order valence-electron chi connectivity index (χ1n) is 8.30. The summed E-state index contributed by atoms with van der Waals surface area (Å²) >= 11 is 0. The van der Waals surface area contributed by atoms with Crippen LogP contribution in [-0.2, 0) is 11.3 Å². The lowest BCUT2D eigenvalue weighted by atomic mass is 10.0. The molecule has 0 bridgehead atoms. The van der Waals surface area contributed by atoms with Crippen LogP contribution in [0.15, 0.2) is 18.5 Å². The standard InChI is InChI=1S/C16H26N4O/c1-2-16(21)20-11-4-7-15(20)14-6-3-9-18(14)12-13-19-10-5-8-17-19/h5,8,10,14-15H,2-4,6-7,9,11-13H2,1H3/t14-,15+/m1/s1. The fraction of sp³-hybridized carbons (Fsp3) is 0.750. The second-order valence-electron chi connectivity index (χ2n) is 6.16. The lowest BCUT2D eigenvalue weighted by Crippen LogP contribution is -2.48. The highest BCUT2D eigenvalue weighted by atomic mass is 16.2. The number of carbonyl (C=O) groups is 1. The lowest BCUT2D eigenvalue weighted by Gasteiger charge is -2.35. The fourth-order valence-electron chi connectivity index (χ4n) is 3.93. The van der Waals surface area contributed by atoms with Gasteiger partial charge in [-0.05, 0) is 38.3 Å². The van der Waals surface area contributed by atoms with Crippen molar-refractivity contribution in [3.8, 4) is 0 Å². The van der Waals surface area contributed by atoms with Crippen LogP contribution in [0.25, 0.3) is 0 Å². The van der Waals surface area contributed by atoms with Crippen molar-refractivity contribution >= 4 is 5.91 Å². The van der Waals surface area contributed by atoms with Gasteiger partial charge in [0.25, 0.3) is 0 Å². The molecule has 3 rings (SSSR count). The molecule has 5 nitrogen and oxygen atoms in total. The Labute approximate surface area is 126 Å². The zero-order chi connectivity index (χ0) is 14.7. The number of carbonyl (C=O) groups excluding carboxylic acids is 1. The Kier molecular flexibility index (Phi) is 4.58. The number of aromatic nitrogens is 2. The van der Waals surface area contributed by atoms with E-state index in [9.17, 15) is 4.79 Å². The molecule has 2 fully saturated rings. The van der Waals surface area contributed by atoms with Gasteiger partial charge in [-0.3, -0.25) is 14.4 Å². The topological polar surface area (TPSA) is 41.4 Å². The minimum Gasteiger partial charge on any atom is -0.338 e. The van der Waals surface area contributed by atoms with E-state index in [-0.39, 0.29) is 0 Å². The van der Waals surface area contributed by atoms with E-state index in [4.69, 9.17) is 0 Å². The fourth-order valence-corrected chi connectivity index (χ4v) is 3.93. The van der Waals surface area contributed by atoms with Crippen molar-refractivity contribution in [2.24, 2.45) is 0 Å². The highest BCUT2D eigenvalue weighted by Gasteiger charge is 2.38. The number of rotatable bonds is 5. The first kappa shape index (κ1) is 14.6. The van der Waals surface area contributed by atoms with E-state index >= 15 is 0 Å². The molecule has 116 valence electrons. The quantitative estimate of drug-likeness (QED) is 0.829. The third-order valence-electron chi connectivity index (χ3n) is 4.96. The smallest absolute Gasteiger partial charge is 0.222 e. The van der Waals surface area contributed by atoms with E-state index < -0.39 is 0 Å². The van der Waals surface area contributed by atoms with E-state index in [0.717, 1.165) is 26.2 Å². The van der Waals surface area contributed by atoms with Gasteiger partial charge in [-0.25, -0.2) is 0 Å². The van der Waals surface area contributed by atoms with Gasteiger partial charge < -0.3 is 4.90 Å². The average molecular weight is 290 g/mol. The SMILES string of the molecule is CCC(=O)N1CCC[C@H]1[C@H]1CCCN1CCn1cccn1. The zero-order valence-corrected chi connectivity index (χ0v) is 12.9. The third-order valence-corrected chi connectivity index (χ3v) is 4.96. The number of nitrogens with zero attached hydrogens (tertiary/aromatic N) is 4. The van der Waals surface area contributed by atoms with Gasteiger partial charge in [-0.1, -0.05) is 6.92 Å². The minimum atomic E-state index is 0.330. The molecule has 1 aromatic heterocycles. The van der Waals surface area contributed by atoms with Crippen molar-refractivity contribution < 1.29 is 4.79 Å². The Morgan fingerprint density at radius 1 is 1.19 bits per heavy atom. The van der Waals surface area contributed by atoms with Gasteiger partial charge in [0.05, 0.1) is 6.54 Å². The van der Waals surface area contributed by atoms with Crippen LogP contribution in [0.5, 0.6) is 0 Å². The van der Waals surface area contributed by atoms with Crippen molar-refractivity contribution in [2.75, 3.05) is 19.6 Å². The van der Waals surface area contributed by atoms with Crippen LogP contribution in [-0.4, -0.2) is 57.2 Å². The second-order valence-corrected chi connectivity index (χ2v) is 6.16. The molecule has 0 N–H and O–H groups in total. The first-order chi connectivity index (χ1) is 10.3. The van der Waals surface area contributed by atoms with Crippen LogP contribution in [0.3, 0.4) is 0 Å². The number of likely N-dealkylation sites (tertiary alicyclic amines) is 2. The van der Waals surface area contributed by atoms with E-state index in [0.29, 0.717) is 24.4 Å². The Balaban J connectivity index is 1.61. The Morgan fingerprint density at radius 2 is 2.00 bits per heavy atom. The van der Waals surface area contributed by atoms with Crippen molar-refractivity contribution in [1.29, 1.82) is 0 Å². The van der Waals surface area contributed by atoms with Crippen LogP contribution in [0.4, 0.5) is 0 Å². The summed E-state index contributed by atoms with van der Waals surface area (Å²) in [7, 11) is 0. The molecule has 1 amide bonds. The molecular weight excluding hydrogens is 264 g/mol. The molecule has 2 aliphatic rings. The first-order valence-corrected chi connectivity index (χ1v) is 8.30. The highest BCUT2D eigenvalue weighted by Crippen LogP contribution is 2.30. The summed E-state index contributed by atoms with van der Waals surface area (Å²) in [6, 6.07) is 2.97. The summed E-state index contributed by atoms with van der Waals surface area (Å²) in [5.74, 6) is 0.330. The molecule has 0 aliphatic carbocycles. The molecule has 5 heteroatoms. The molecule has 0 radical (unpaired) electrons. The van der Waals surface area contributed by atoms with Gasteiger partial charge in [0.2, 0.25) is 5.91 Å². The Morgan fingerprint density at radius 3 is 2.76 bits per heavy atom. The molecule has 21 heavy (non-hydrogen) atoms. The van der Waals surface area contributed by atoms with Gasteiger partial charge in [-0.2, -0.15) is 5.10 Å². The predicted molar refractivity (Wildman–Crippen MR) is 81.8 cm³/mol. The summed E-state index contributed by atoms with van der Waals surface area (Å²) in [5.41, 5.74) is 0. The Hall–Kier alpha value is -1.36. The number of hydrogen-bond donors (Lipinski definition) is 0. The van der Waals surface area contributed by atoms with Crippen molar-refractivity contribution in [2.45, 2.75) is 57.7 Å². The van der Waals surface area contributed by atoms with E-state index in [1.165, 1.54) is 25.7 Å². The summed E-state index contributed by atoms with van der Waals surface area (Å²) in [6.07, 6.45) is 9.32. The average Bonchev–Trinajstić information content (AvgIpc) is 3.22. The van der Waals surface area contributed by atoms with Gasteiger partial charge in [0.1, 0.15) is 0 Å². The number of hydrogen-bond acceptors (Lipinski definition) is 3. The minimum absolute atomic E-state index is 0.330. The maximum atomic E-state index is 12.1. The molecule has 2 saturated heterocycles. The molecule has 1 aromatic rings. The maximum absolute atomic E-state index is 12.1. The second kappa shape index (κ2) is 6.60. The summed E-state index contributed by atoms with van der Waals surface area (Å²) in [4.78, 5) is 16.9. The summed E-state index contributed by atoms with van der Waals surface area (Å²) in [6.45, 7) is 6.08. The molecule has 0 aromatic carbocycles. The lowest BCUT2D eigenvalue weighted by molar-refractivity contribution is -0.132. The normalized spacial score (nSPS) is 26.6. The van der Waals surface area contributed by atoms with Gasteiger partial charge >= 0.3 is 0 Å². The zero-order valence-electron chi connectivity index (χ0n) is 12.9. The summed E-state index contributed by atoms with van der Waals surface area (Å²) < 4.78 is 2.00. The van der Waals surface area contributed by atoms with E-state index in [1.54, 1.807) is 0 Å². The van der Waals surface area contributed by atoms with Crippen LogP contribution < -0.4 is 0 Å². The third kappa shape index (κ3) is 3.12. The van der Waals surface area contributed by atoms with Crippen molar-refractivity contribution in [1.82, 2.24) is 19.6 Å². The summed E-state index contributed by atoms with van der Waals surface area (Å²) in [5, 5.41) is 4.28. The van der Waals surface area contributed by atoms with Crippen LogP contribution >= 0.6 is 0 Å². The molecule has 0 saturated carbocycles. The maximum Gasteiger partial charge on any atom is 0.222 e. The highest BCUT2D eigenvalue weighted by molar-refractivity contribution is 5.76. The molecule has 0 unspecified atom stereocenters. The predicted octanol–water partition coefficient (Wildman–Crippen LogP) is 1.75. The van der Waals surface area contributed by atoms with Crippen molar-refractivity contribution in [3.05, 3.63) is 18.5 Å². The van der Waals surface area contributed by atoms with E-state index in [2.05, 4.69) is 14.9 Å². The van der Waals surface area contributed by atoms with Crippen LogP contribution in [0.1, 0.15) is 39.0 Å². The molecule has 2 atom stereocenters. The monoisotopic (exact) mass is 290 g/mol. The van der Waals surface area contributed by atoms with Gasteiger partial charge in [-0.15, -0.1) is 0 Å². The van der Waals surface area contributed by atoms with E-state index in [1.807, 2.05) is 30.1 Å². The van der Waals surface area contributed by atoms with Crippen molar-refractivity contribution in [3.63, 3.8) is 0 Å². The molecular formula is C16H26N4O. The largest absolute Gasteiger partial charge is 0.338 e. The Bertz CT molecular complexity index is 459. The van der Waals surface area contributed by atoms with Crippen LogP contribution in [0, 0.1) is 0 Å². The van der Waals surface area contributed by atoms with Gasteiger partial charge in [0.15, 0.2) is 0 Å².